The van der Waals surface area contributed by atoms with Gasteiger partial charge in [0.2, 0.25) is 5.91 Å². The van der Waals surface area contributed by atoms with E-state index in [4.69, 9.17) is 10.5 Å². The molecule has 1 fully saturated rings. The fourth-order valence-corrected chi connectivity index (χ4v) is 3.36. The van der Waals surface area contributed by atoms with Crippen molar-refractivity contribution in [1.29, 1.82) is 0 Å². The van der Waals surface area contributed by atoms with Crippen LogP contribution in [0.4, 0.5) is 0 Å². The number of nitrogens with two attached hydrogens (primary N) is 1. The molecular weight excluding hydrogens is 385 g/mol. The van der Waals surface area contributed by atoms with E-state index in [1.165, 1.54) is 0 Å². The second-order valence-electron chi connectivity index (χ2n) is 6.82. The average Bonchev–Trinajstić information content (AvgIpc) is 3.13. The molecule has 5 nitrogen and oxygen atoms in total. The first kappa shape index (κ1) is 26.1. The Labute approximate surface area is 176 Å². The molecule has 7 heteroatoms. The number of ether oxygens (including phenoxy) is 1. The second kappa shape index (κ2) is 13.3. The summed E-state index contributed by atoms with van der Waals surface area (Å²) in [5, 5.41) is 0. The highest BCUT2D eigenvalue weighted by atomic mass is 35.5. The normalized spacial score (nSPS) is 18.6. The summed E-state index contributed by atoms with van der Waals surface area (Å²) in [6.45, 7) is 11.5. The van der Waals surface area contributed by atoms with E-state index in [9.17, 15) is 4.79 Å². The maximum absolute atomic E-state index is 12.8. The predicted molar refractivity (Wildman–Crippen MR) is 116 cm³/mol. The van der Waals surface area contributed by atoms with Crippen LogP contribution in [0.3, 0.4) is 0 Å². The van der Waals surface area contributed by atoms with Crippen LogP contribution < -0.4 is 5.73 Å². The molecule has 2 N–H and O–H groups in total. The summed E-state index contributed by atoms with van der Waals surface area (Å²) in [7, 11) is 0. The van der Waals surface area contributed by atoms with Crippen LogP contribution >= 0.6 is 24.8 Å². The topological polar surface area (TPSA) is 58.8 Å². The summed E-state index contributed by atoms with van der Waals surface area (Å²) in [4.78, 5) is 17.0. The molecule has 27 heavy (non-hydrogen) atoms. The van der Waals surface area contributed by atoms with Gasteiger partial charge < -0.3 is 20.3 Å². The highest BCUT2D eigenvalue weighted by Gasteiger charge is 2.32. The molecule has 156 valence electrons. The summed E-state index contributed by atoms with van der Waals surface area (Å²) < 4.78 is 5.98. The van der Waals surface area contributed by atoms with Crippen molar-refractivity contribution in [2.75, 3.05) is 39.3 Å². The van der Waals surface area contributed by atoms with Crippen molar-refractivity contribution in [3.8, 4) is 0 Å². The van der Waals surface area contributed by atoms with Gasteiger partial charge in [-0.1, -0.05) is 51.1 Å². The highest BCUT2D eigenvalue weighted by molar-refractivity contribution is 5.85. The van der Waals surface area contributed by atoms with Crippen LogP contribution in [0, 0.1) is 5.92 Å². The molecule has 1 heterocycles. The Morgan fingerprint density at radius 3 is 2.48 bits per heavy atom. The van der Waals surface area contributed by atoms with E-state index in [0.717, 1.165) is 44.8 Å². The molecule has 0 saturated carbocycles. The van der Waals surface area contributed by atoms with Gasteiger partial charge in [0, 0.05) is 25.7 Å². The SMILES string of the molecule is CCN(CC)CCOC1CCN(C(=O)C(C)C(N)c2ccccc2)C1.Cl.Cl. The van der Waals surface area contributed by atoms with Crippen molar-refractivity contribution >= 4 is 30.7 Å². The van der Waals surface area contributed by atoms with E-state index < -0.39 is 0 Å². The lowest BCUT2D eigenvalue weighted by Gasteiger charge is -2.25. The fourth-order valence-electron chi connectivity index (χ4n) is 3.36. The van der Waals surface area contributed by atoms with Crippen molar-refractivity contribution in [2.24, 2.45) is 11.7 Å². The maximum Gasteiger partial charge on any atom is 0.227 e. The molecule has 0 aromatic heterocycles. The standard InChI is InChI=1S/C20H33N3O2.2ClH/c1-4-22(5-2)13-14-25-18-11-12-23(15-18)20(24)16(3)19(21)17-9-7-6-8-10-17;;/h6-10,16,18-19H,4-5,11-15,21H2,1-3H3;2*1H. The smallest absolute Gasteiger partial charge is 0.227 e. The van der Waals surface area contributed by atoms with Gasteiger partial charge in [0.1, 0.15) is 0 Å². The minimum absolute atomic E-state index is 0. The number of likely N-dealkylation sites (N-methyl/N-ethyl adjacent to an activating group) is 1. The maximum atomic E-state index is 12.8. The Bertz CT molecular complexity index is 529. The number of hydrogen-bond acceptors (Lipinski definition) is 4. The lowest BCUT2D eigenvalue weighted by molar-refractivity contribution is -0.135. The zero-order valence-corrected chi connectivity index (χ0v) is 18.3. The average molecular weight is 420 g/mol. The first-order valence-corrected chi connectivity index (χ1v) is 9.50. The number of hydrogen-bond donors (Lipinski definition) is 1. The molecular formula is C20H35Cl2N3O2. The monoisotopic (exact) mass is 419 g/mol. The van der Waals surface area contributed by atoms with Crippen LogP contribution in [0.2, 0.25) is 0 Å². The van der Waals surface area contributed by atoms with Gasteiger partial charge in [-0.05, 0) is 25.1 Å². The van der Waals surface area contributed by atoms with E-state index in [1.807, 2.05) is 42.2 Å². The molecule has 0 bridgehead atoms. The molecule has 1 saturated heterocycles. The quantitative estimate of drug-likeness (QED) is 0.667. The Morgan fingerprint density at radius 2 is 1.89 bits per heavy atom. The largest absolute Gasteiger partial charge is 0.375 e. The van der Waals surface area contributed by atoms with Crippen molar-refractivity contribution < 1.29 is 9.53 Å². The van der Waals surface area contributed by atoms with E-state index in [1.54, 1.807) is 0 Å². The van der Waals surface area contributed by atoms with Crippen LogP contribution in [-0.4, -0.2) is 61.1 Å². The molecule has 0 radical (unpaired) electrons. The van der Waals surface area contributed by atoms with Gasteiger partial charge in [-0.25, -0.2) is 0 Å². The Morgan fingerprint density at radius 1 is 1.26 bits per heavy atom. The third kappa shape index (κ3) is 7.59. The summed E-state index contributed by atoms with van der Waals surface area (Å²) in [5.41, 5.74) is 7.31. The molecule has 1 aromatic rings. The first-order valence-electron chi connectivity index (χ1n) is 9.50. The Balaban J connectivity index is 0.00000338. The minimum atomic E-state index is -0.267. The van der Waals surface area contributed by atoms with Crippen molar-refractivity contribution in [3.05, 3.63) is 35.9 Å². The van der Waals surface area contributed by atoms with Crippen LogP contribution in [0.15, 0.2) is 30.3 Å². The van der Waals surface area contributed by atoms with E-state index in [2.05, 4.69) is 18.7 Å². The lowest BCUT2D eigenvalue weighted by Crippen LogP contribution is -2.39. The molecule has 1 aromatic carbocycles. The number of amides is 1. The predicted octanol–water partition coefficient (Wildman–Crippen LogP) is 3.13. The second-order valence-corrected chi connectivity index (χ2v) is 6.82. The van der Waals surface area contributed by atoms with Gasteiger partial charge in [-0.3, -0.25) is 4.79 Å². The summed E-state index contributed by atoms with van der Waals surface area (Å²) in [5.74, 6) is -0.0944. The van der Waals surface area contributed by atoms with Gasteiger partial charge in [-0.15, -0.1) is 24.8 Å². The number of carbonyl (C=O) groups is 1. The molecule has 2 rings (SSSR count). The van der Waals surface area contributed by atoms with Crippen LogP contribution in [0.25, 0.3) is 0 Å². The number of halogens is 2. The third-order valence-electron chi connectivity index (χ3n) is 5.22. The Hall–Kier alpha value is -0.850. The van der Waals surface area contributed by atoms with Gasteiger partial charge in [0.25, 0.3) is 0 Å². The lowest BCUT2D eigenvalue weighted by atomic mass is 9.94. The number of rotatable bonds is 9. The van der Waals surface area contributed by atoms with Crippen molar-refractivity contribution in [1.82, 2.24) is 9.80 Å². The van der Waals surface area contributed by atoms with Crippen molar-refractivity contribution in [2.45, 2.75) is 39.3 Å². The molecule has 3 atom stereocenters. The number of benzene rings is 1. The molecule has 3 unspecified atom stereocenters. The first-order chi connectivity index (χ1) is 12.1. The van der Waals surface area contributed by atoms with E-state index in [0.29, 0.717) is 6.54 Å². The molecule has 1 amide bonds. The molecule has 1 aliphatic heterocycles. The zero-order chi connectivity index (χ0) is 18.2. The zero-order valence-electron chi connectivity index (χ0n) is 16.7. The molecule has 0 aliphatic carbocycles. The van der Waals surface area contributed by atoms with Gasteiger partial charge >= 0.3 is 0 Å². The summed E-state index contributed by atoms with van der Waals surface area (Å²) >= 11 is 0. The highest BCUT2D eigenvalue weighted by Crippen LogP contribution is 2.23. The number of carbonyl (C=O) groups excluding carboxylic acids is 1. The Kier molecular flexibility index (Phi) is 12.9. The van der Waals surface area contributed by atoms with Crippen LogP contribution in [-0.2, 0) is 9.53 Å². The summed E-state index contributed by atoms with van der Waals surface area (Å²) in [6.07, 6.45) is 1.07. The van der Waals surface area contributed by atoms with Crippen LogP contribution in [0.1, 0.15) is 38.8 Å². The minimum Gasteiger partial charge on any atom is -0.375 e. The van der Waals surface area contributed by atoms with Crippen molar-refractivity contribution in [3.63, 3.8) is 0 Å². The number of nitrogens with zero attached hydrogens (tertiary/aromatic N) is 2. The van der Waals surface area contributed by atoms with Gasteiger partial charge in [0.05, 0.1) is 18.6 Å². The number of likely N-dealkylation sites (tertiary alicyclic amines) is 1. The fraction of sp³-hybridized carbons (Fsp3) is 0.650. The van der Waals surface area contributed by atoms with Crippen LogP contribution in [0.5, 0.6) is 0 Å². The van der Waals surface area contributed by atoms with Gasteiger partial charge in [0.15, 0.2) is 0 Å². The molecule has 1 aliphatic rings. The summed E-state index contributed by atoms with van der Waals surface area (Å²) in [6, 6.07) is 9.58. The molecule has 0 spiro atoms. The van der Waals surface area contributed by atoms with E-state index >= 15 is 0 Å². The van der Waals surface area contributed by atoms with Gasteiger partial charge in [-0.2, -0.15) is 0 Å². The third-order valence-corrected chi connectivity index (χ3v) is 5.22. The van der Waals surface area contributed by atoms with E-state index in [-0.39, 0.29) is 48.8 Å².